The third-order valence-corrected chi connectivity index (χ3v) is 7.02. The smallest absolute Gasteiger partial charge is 0.237 e. The molecule has 0 radical (unpaired) electrons. The lowest BCUT2D eigenvalue weighted by molar-refractivity contribution is -0.125. The summed E-state index contributed by atoms with van der Waals surface area (Å²) in [5, 5.41) is 13.1. The van der Waals surface area contributed by atoms with E-state index >= 15 is 0 Å². The Morgan fingerprint density at radius 3 is 2.70 bits per heavy atom. The Morgan fingerprint density at radius 1 is 1.13 bits per heavy atom. The number of hydrogen-bond donors (Lipinski definition) is 1. The van der Waals surface area contributed by atoms with Crippen molar-refractivity contribution >= 4 is 17.7 Å². The molecule has 1 unspecified atom stereocenters. The number of likely N-dealkylation sites (tertiary alicyclic amines) is 1. The number of carbonyl (C=O) groups excluding carboxylic acids is 1. The predicted molar refractivity (Wildman–Crippen MR) is 121 cm³/mol. The van der Waals surface area contributed by atoms with Crippen LogP contribution in [0.25, 0.3) is 0 Å². The van der Waals surface area contributed by atoms with Crippen LogP contribution in [-0.2, 0) is 17.8 Å². The second-order valence-corrected chi connectivity index (χ2v) is 9.19. The van der Waals surface area contributed by atoms with Gasteiger partial charge in [0.05, 0.1) is 6.04 Å². The Balaban J connectivity index is 1.26. The van der Waals surface area contributed by atoms with E-state index in [0.717, 1.165) is 49.8 Å². The van der Waals surface area contributed by atoms with Crippen LogP contribution in [0.3, 0.4) is 0 Å². The van der Waals surface area contributed by atoms with E-state index in [0.29, 0.717) is 12.6 Å². The molecule has 0 bridgehead atoms. The number of aromatic nitrogens is 3. The summed E-state index contributed by atoms with van der Waals surface area (Å²) in [4.78, 5) is 15.1. The van der Waals surface area contributed by atoms with Gasteiger partial charge >= 0.3 is 0 Å². The number of aryl methyl sites for hydroxylation is 1. The van der Waals surface area contributed by atoms with Crippen molar-refractivity contribution in [1.82, 2.24) is 25.0 Å². The molecule has 162 valence electrons. The Bertz CT molecular complexity index is 818. The summed E-state index contributed by atoms with van der Waals surface area (Å²) in [5.41, 5.74) is 1.27. The molecule has 1 N–H and O–H groups in total. The number of rotatable bonds is 9. The molecule has 1 aromatic carbocycles. The van der Waals surface area contributed by atoms with E-state index in [1.54, 1.807) is 11.8 Å². The van der Waals surface area contributed by atoms with Crippen LogP contribution >= 0.6 is 11.8 Å². The van der Waals surface area contributed by atoms with E-state index < -0.39 is 0 Å². The first-order valence-electron chi connectivity index (χ1n) is 11.3. The number of benzene rings is 1. The first kappa shape index (κ1) is 21.4. The van der Waals surface area contributed by atoms with Gasteiger partial charge in [0.15, 0.2) is 5.16 Å². The lowest BCUT2D eigenvalue weighted by Crippen LogP contribution is -2.43. The molecule has 30 heavy (non-hydrogen) atoms. The van der Waals surface area contributed by atoms with Crippen LogP contribution in [0, 0.1) is 0 Å². The zero-order valence-corrected chi connectivity index (χ0v) is 18.7. The van der Waals surface area contributed by atoms with Gasteiger partial charge in [-0.15, -0.1) is 10.2 Å². The van der Waals surface area contributed by atoms with Crippen molar-refractivity contribution in [2.45, 2.75) is 75.2 Å². The van der Waals surface area contributed by atoms with E-state index in [2.05, 4.69) is 55.5 Å². The van der Waals surface area contributed by atoms with E-state index in [-0.39, 0.29) is 11.9 Å². The van der Waals surface area contributed by atoms with Gasteiger partial charge in [0.25, 0.3) is 0 Å². The molecule has 6 nitrogen and oxygen atoms in total. The molecule has 1 saturated carbocycles. The fraction of sp³-hybridized carbons (Fsp3) is 0.609. The van der Waals surface area contributed by atoms with Crippen molar-refractivity contribution in [2.75, 3.05) is 19.3 Å². The summed E-state index contributed by atoms with van der Waals surface area (Å²) in [7, 11) is 0. The average Bonchev–Trinajstić information content (AvgIpc) is 3.52. The van der Waals surface area contributed by atoms with Gasteiger partial charge in [-0.05, 0) is 50.5 Å². The summed E-state index contributed by atoms with van der Waals surface area (Å²) in [6.45, 7) is 2.54. The molecule has 7 heteroatoms. The minimum absolute atomic E-state index is 0.00422. The van der Waals surface area contributed by atoms with Gasteiger partial charge in [0, 0.05) is 25.6 Å². The van der Waals surface area contributed by atoms with E-state index in [1.165, 1.54) is 31.2 Å². The van der Waals surface area contributed by atoms with E-state index in [1.807, 2.05) is 6.07 Å². The molecular formula is C23H33N5OS. The van der Waals surface area contributed by atoms with Crippen molar-refractivity contribution in [3.8, 4) is 0 Å². The largest absolute Gasteiger partial charge is 0.355 e. The van der Waals surface area contributed by atoms with Gasteiger partial charge in [0.1, 0.15) is 5.82 Å². The minimum Gasteiger partial charge on any atom is -0.355 e. The molecule has 1 aliphatic heterocycles. The third kappa shape index (κ3) is 5.06. The summed E-state index contributed by atoms with van der Waals surface area (Å²) in [6.07, 6.45) is 10.9. The number of amides is 1. The Labute approximate surface area is 183 Å². The van der Waals surface area contributed by atoms with Crippen LogP contribution in [-0.4, -0.2) is 51.0 Å². The monoisotopic (exact) mass is 427 g/mol. The first-order valence-corrected chi connectivity index (χ1v) is 12.5. The Morgan fingerprint density at radius 2 is 1.93 bits per heavy atom. The Kier molecular flexibility index (Phi) is 7.44. The van der Waals surface area contributed by atoms with Gasteiger partial charge in [-0.1, -0.05) is 54.9 Å². The van der Waals surface area contributed by atoms with E-state index in [4.69, 9.17) is 0 Å². The molecule has 2 aliphatic rings. The number of carbonyl (C=O) groups is 1. The molecule has 2 aromatic rings. The summed E-state index contributed by atoms with van der Waals surface area (Å²) < 4.78 is 2.36. The van der Waals surface area contributed by atoms with Gasteiger partial charge in [-0.3, -0.25) is 9.69 Å². The lowest BCUT2D eigenvalue weighted by atomic mass is 10.1. The highest BCUT2D eigenvalue weighted by atomic mass is 32.2. The fourth-order valence-electron chi connectivity index (χ4n) is 4.85. The second kappa shape index (κ2) is 10.4. The predicted octanol–water partition coefficient (Wildman–Crippen LogP) is 3.83. The SMILES string of the molecule is CSc1nnc(CCCNC(=O)C2CCCN2Cc2ccccc2)n1C1CCCC1. The minimum atomic E-state index is -0.00422. The van der Waals surface area contributed by atoms with Crippen molar-refractivity contribution in [1.29, 1.82) is 0 Å². The maximum Gasteiger partial charge on any atom is 0.237 e. The van der Waals surface area contributed by atoms with Crippen LogP contribution in [0.5, 0.6) is 0 Å². The zero-order valence-electron chi connectivity index (χ0n) is 17.9. The molecule has 1 aliphatic carbocycles. The first-order chi connectivity index (χ1) is 14.8. The summed E-state index contributed by atoms with van der Waals surface area (Å²) in [6, 6.07) is 11.0. The maximum absolute atomic E-state index is 12.8. The molecule has 2 heterocycles. The zero-order chi connectivity index (χ0) is 20.8. The van der Waals surface area contributed by atoms with Crippen LogP contribution in [0.2, 0.25) is 0 Å². The van der Waals surface area contributed by atoms with Gasteiger partial charge in [-0.2, -0.15) is 0 Å². The average molecular weight is 428 g/mol. The topological polar surface area (TPSA) is 63.1 Å². The molecule has 1 amide bonds. The number of hydrogen-bond acceptors (Lipinski definition) is 5. The second-order valence-electron chi connectivity index (χ2n) is 8.42. The Hall–Kier alpha value is -1.86. The maximum atomic E-state index is 12.8. The van der Waals surface area contributed by atoms with Crippen LogP contribution in [0.1, 0.15) is 62.4 Å². The number of nitrogens with one attached hydrogen (secondary N) is 1. The third-order valence-electron chi connectivity index (χ3n) is 6.38. The standard InChI is InChI=1S/C23H33N5OS/c1-30-23-26-25-21(28(23)19-11-5-6-12-19)14-7-15-24-22(29)20-13-8-16-27(20)17-18-9-3-2-4-10-18/h2-4,9-10,19-20H,5-8,11-17H2,1H3,(H,24,29). The van der Waals surface area contributed by atoms with Crippen molar-refractivity contribution in [3.05, 3.63) is 41.7 Å². The van der Waals surface area contributed by atoms with Crippen molar-refractivity contribution in [2.24, 2.45) is 0 Å². The van der Waals surface area contributed by atoms with Crippen LogP contribution in [0.15, 0.2) is 35.5 Å². The molecular weight excluding hydrogens is 394 g/mol. The fourth-order valence-corrected chi connectivity index (χ4v) is 5.43. The van der Waals surface area contributed by atoms with Crippen LogP contribution < -0.4 is 5.32 Å². The summed E-state index contributed by atoms with van der Waals surface area (Å²) in [5.74, 6) is 1.25. The molecule has 0 spiro atoms. The normalized spacial score (nSPS) is 20.1. The molecule has 1 aromatic heterocycles. The molecule has 4 rings (SSSR count). The van der Waals surface area contributed by atoms with Gasteiger partial charge in [-0.25, -0.2) is 0 Å². The molecule has 1 saturated heterocycles. The van der Waals surface area contributed by atoms with Crippen LogP contribution in [0.4, 0.5) is 0 Å². The number of nitrogens with zero attached hydrogens (tertiary/aromatic N) is 4. The molecule has 1 atom stereocenters. The summed E-state index contributed by atoms with van der Waals surface area (Å²) >= 11 is 1.68. The van der Waals surface area contributed by atoms with Crippen molar-refractivity contribution in [3.63, 3.8) is 0 Å². The van der Waals surface area contributed by atoms with Gasteiger partial charge < -0.3 is 9.88 Å². The van der Waals surface area contributed by atoms with Crippen molar-refractivity contribution < 1.29 is 4.79 Å². The van der Waals surface area contributed by atoms with Gasteiger partial charge in [0.2, 0.25) is 5.91 Å². The van der Waals surface area contributed by atoms with E-state index in [9.17, 15) is 4.79 Å². The lowest BCUT2D eigenvalue weighted by Gasteiger charge is -2.23. The molecule has 2 fully saturated rings. The number of thioether (sulfide) groups is 1. The highest BCUT2D eigenvalue weighted by Gasteiger charge is 2.30. The highest BCUT2D eigenvalue weighted by molar-refractivity contribution is 7.98. The highest BCUT2D eigenvalue weighted by Crippen LogP contribution is 2.33. The quantitative estimate of drug-likeness (QED) is 0.487.